The summed E-state index contributed by atoms with van der Waals surface area (Å²) < 4.78 is 6.96. The summed E-state index contributed by atoms with van der Waals surface area (Å²) in [5, 5.41) is 8.48. The Balaban J connectivity index is 1.70. The Hall–Kier alpha value is -2.27. The molecule has 6 heteroatoms. The van der Waals surface area contributed by atoms with Crippen molar-refractivity contribution in [3.05, 3.63) is 52.5 Å². The second kappa shape index (κ2) is 5.85. The van der Waals surface area contributed by atoms with Crippen molar-refractivity contribution in [2.24, 2.45) is 0 Å². The van der Waals surface area contributed by atoms with Crippen LogP contribution in [0.15, 0.2) is 35.0 Å². The molecule has 0 aliphatic rings. The fourth-order valence-electron chi connectivity index (χ4n) is 2.45. The van der Waals surface area contributed by atoms with Crippen molar-refractivity contribution in [3.63, 3.8) is 0 Å². The van der Waals surface area contributed by atoms with E-state index in [1.54, 1.807) is 0 Å². The van der Waals surface area contributed by atoms with Crippen LogP contribution in [-0.4, -0.2) is 15.6 Å². The highest BCUT2D eigenvalue weighted by Crippen LogP contribution is 2.20. The molecule has 0 fully saturated rings. The Morgan fingerprint density at radius 2 is 2.18 bits per heavy atom. The zero-order chi connectivity index (χ0) is 15.7. The summed E-state index contributed by atoms with van der Waals surface area (Å²) in [5.41, 5.74) is 2.67. The third kappa shape index (κ3) is 2.85. The largest absolute Gasteiger partial charge is 0.361 e. The molecular weight excluding hydrogens is 302 g/mol. The van der Waals surface area contributed by atoms with Gasteiger partial charge >= 0.3 is 0 Å². The average Bonchev–Trinajstić information content (AvgIpc) is 3.01. The number of halogens is 1. The van der Waals surface area contributed by atoms with Crippen molar-refractivity contribution in [1.82, 2.24) is 15.0 Å². The zero-order valence-electron chi connectivity index (χ0n) is 12.4. The standard InChI is InChI=1S/C16H16ClN3O2/c1-10-14(11(2)22-19-10)8-18-16(21)9-20-6-5-12-3-4-13(17)7-15(12)20/h3-7H,8-9H2,1-2H3,(H,18,21). The topological polar surface area (TPSA) is 60.1 Å². The predicted octanol–water partition coefficient (Wildman–Crippen LogP) is 3.22. The van der Waals surface area contributed by atoms with Gasteiger partial charge in [0.25, 0.3) is 0 Å². The van der Waals surface area contributed by atoms with E-state index < -0.39 is 0 Å². The summed E-state index contributed by atoms with van der Waals surface area (Å²) in [6.07, 6.45) is 1.89. The van der Waals surface area contributed by atoms with Crippen LogP contribution in [0.4, 0.5) is 0 Å². The Labute approximate surface area is 132 Å². The van der Waals surface area contributed by atoms with E-state index in [0.29, 0.717) is 11.6 Å². The number of amides is 1. The van der Waals surface area contributed by atoms with Gasteiger partial charge in [0.1, 0.15) is 12.3 Å². The minimum atomic E-state index is -0.0718. The number of fused-ring (bicyclic) bond motifs is 1. The van der Waals surface area contributed by atoms with Gasteiger partial charge in [-0.1, -0.05) is 22.8 Å². The summed E-state index contributed by atoms with van der Waals surface area (Å²) in [7, 11) is 0. The molecule has 0 radical (unpaired) electrons. The molecule has 0 bridgehead atoms. The van der Waals surface area contributed by atoms with Crippen molar-refractivity contribution in [1.29, 1.82) is 0 Å². The van der Waals surface area contributed by atoms with Crippen molar-refractivity contribution in [2.75, 3.05) is 0 Å². The molecule has 22 heavy (non-hydrogen) atoms. The maximum atomic E-state index is 12.1. The number of aryl methyl sites for hydroxylation is 2. The van der Waals surface area contributed by atoms with Crippen molar-refractivity contribution in [3.8, 4) is 0 Å². The second-order valence-corrected chi connectivity index (χ2v) is 5.66. The molecule has 2 aromatic heterocycles. The highest BCUT2D eigenvalue weighted by molar-refractivity contribution is 6.31. The van der Waals surface area contributed by atoms with Gasteiger partial charge in [-0.05, 0) is 37.4 Å². The van der Waals surface area contributed by atoms with Gasteiger partial charge in [0.15, 0.2) is 0 Å². The van der Waals surface area contributed by atoms with Gasteiger partial charge in [-0.25, -0.2) is 0 Å². The van der Waals surface area contributed by atoms with Crippen LogP contribution in [0.3, 0.4) is 0 Å². The smallest absolute Gasteiger partial charge is 0.240 e. The van der Waals surface area contributed by atoms with Crippen LogP contribution in [0.25, 0.3) is 10.9 Å². The van der Waals surface area contributed by atoms with Crippen LogP contribution in [0.1, 0.15) is 17.0 Å². The van der Waals surface area contributed by atoms with Crippen LogP contribution in [-0.2, 0) is 17.9 Å². The first kappa shape index (κ1) is 14.7. The number of nitrogens with one attached hydrogen (secondary N) is 1. The van der Waals surface area contributed by atoms with E-state index in [2.05, 4.69) is 10.5 Å². The molecule has 0 aliphatic carbocycles. The molecule has 0 aliphatic heterocycles. The number of nitrogens with zero attached hydrogens (tertiary/aromatic N) is 2. The van der Waals surface area contributed by atoms with Gasteiger partial charge < -0.3 is 14.4 Å². The van der Waals surface area contributed by atoms with Gasteiger partial charge in [-0.3, -0.25) is 4.79 Å². The molecule has 0 saturated heterocycles. The molecule has 3 rings (SSSR count). The third-order valence-corrected chi connectivity index (χ3v) is 3.93. The molecule has 0 spiro atoms. The SMILES string of the molecule is Cc1noc(C)c1CNC(=O)Cn1ccc2ccc(Cl)cc21. The van der Waals surface area contributed by atoms with E-state index in [9.17, 15) is 4.79 Å². The van der Waals surface area contributed by atoms with Crippen LogP contribution >= 0.6 is 11.6 Å². The fourth-order valence-corrected chi connectivity index (χ4v) is 2.61. The van der Waals surface area contributed by atoms with Gasteiger partial charge in [-0.15, -0.1) is 0 Å². The molecule has 0 unspecified atom stereocenters. The van der Waals surface area contributed by atoms with Crippen LogP contribution in [0, 0.1) is 13.8 Å². The Morgan fingerprint density at radius 3 is 2.91 bits per heavy atom. The first-order chi connectivity index (χ1) is 10.5. The van der Waals surface area contributed by atoms with Crippen molar-refractivity contribution in [2.45, 2.75) is 26.9 Å². The maximum absolute atomic E-state index is 12.1. The van der Waals surface area contributed by atoms with E-state index in [1.807, 2.05) is 48.9 Å². The highest BCUT2D eigenvalue weighted by Gasteiger charge is 2.11. The average molecular weight is 318 g/mol. The Bertz CT molecular complexity index is 816. The number of carbonyl (C=O) groups is 1. The number of carbonyl (C=O) groups excluding carboxylic acids is 1. The van der Waals surface area contributed by atoms with Gasteiger partial charge in [0, 0.05) is 28.8 Å². The number of hydrogen-bond acceptors (Lipinski definition) is 3. The number of aromatic nitrogens is 2. The van der Waals surface area contributed by atoms with E-state index in [0.717, 1.165) is 27.9 Å². The molecule has 2 heterocycles. The number of benzene rings is 1. The molecule has 5 nitrogen and oxygen atoms in total. The lowest BCUT2D eigenvalue weighted by atomic mass is 10.2. The van der Waals surface area contributed by atoms with E-state index >= 15 is 0 Å². The molecule has 0 atom stereocenters. The Morgan fingerprint density at radius 1 is 1.36 bits per heavy atom. The minimum Gasteiger partial charge on any atom is -0.361 e. The first-order valence-electron chi connectivity index (χ1n) is 6.97. The lowest BCUT2D eigenvalue weighted by Gasteiger charge is -2.07. The quantitative estimate of drug-likeness (QED) is 0.803. The lowest BCUT2D eigenvalue weighted by Crippen LogP contribution is -2.27. The molecule has 1 aromatic carbocycles. The van der Waals surface area contributed by atoms with Gasteiger partial charge in [-0.2, -0.15) is 0 Å². The Kier molecular flexibility index (Phi) is 3.90. The van der Waals surface area contributed by atoms with Gasteiger partial charge in [0.2, 0.25) is 5.91 Å². The van der Waals surface area contributed by atoms with E-state index in [1.165, 1.54) is 0 Å². The number of rotatable bonds is 4. The molecule has 114 valence electrons. The van der Waals surface area contributed by atoms with E-state index in [-0.39, 0.29) is 12.5 Å². The second-order valence-electron chi connectivity index (χ2n) is 5.23. The highest BCUT2D eigenvalue weighted by atomic mass is 35.5. The zero-order valence-corrected chi connectivity index (χ0v) is 13.1. The van der Waals surface area contributed by atoms with Crippen LogP contribution in [0.5, 0.6) is 0 Å². The minimum absolute atomic E-state index is 0.0718. The summed E-state index contributed by atoms with van der Waals surface area (Å²) in [6, 6.07) is 7.60. The molecule has 1 N–H and O–H groups in total. The van der Waals surface area contributed by atoms with Gasteiger partial charge in [0.05, 0.1) is 5.69 Å². The lowest BCUT2D eigenvalue weighted by molar-refractivity contribution is -0.121. The summed E-state index contributed by atoms with van der Waals surface area (Å²) >= 11 is 6.02. The van der Waals surface area contributed by atoms with Crippen molar-refractivity contribution >= 4 is 28.4 Å². The third-order valence-electron chi connectivity index (χ3n) is 3.69. The molecular formula is C16H16ClN3O2. The monoisotopic (exact) mass is 317 g/mol. The van der Waals surface area contributed by atoms with Crippen molar-refractivity contribution < 1.29 is 9.32 Å². The summed E-state index contributed by atoms with van der Waals surface area (Å²) in [5.74, 6) is 0.661. The number of hydrogen-bond donors (Lipinski definition) is 1. The summed E-state index contributed by atoms with van der Waals surface area (Å²) in [6.45, 7) is 4.36. The predicted molar refractivity (Wildman–Crippen MR) is 84.8 cm³/mol. The van der Waals surface area contributed by atoms with E-state index in [4.69, 9.17) is 16.1 Å². The summed E-state index contributed by atoms with van der Waals surface area (Å²) in [4.78, 5) is 12.1. The molecule has 3 aromatic rings. The maximum Gasteiger partial charge on any atom is 0.240 e. The fraction of sp³-hybridized carbons (Fsp3) is 0.250. The molecule has 0 saturated carbocycles. The first-order valence-corrected chi connectivity index (χ1v) is 7.35. The van der Waals surface area contributed by atoms with Crippen LogP contribution < -0.4 is 5.32 Å². The molecule has 1 amide bonds. The normalized spacial score (nSPS) is 11.0. The van der Waals surface area contributed by atoms with Crippen LogP contribution in [0.2, 0.25) is 5.02 Å².